The SMILES string of the molecule is CC(C)[C@H](N)C(=O)NCC(=O)Nc1ccccn1.Cl.Cl. The quantitative estimate of drug-likeness (QED) is 0.752. The topological polar surface area (TPSA) is 97.1 Å². The smallest absolute Gasteiger partial charge is 0.244 e. The van der Waals surface area contributed by atoms with Gasteiger partial charge in [0.2, 0.25) is 11.8 Å². The van der Waals surface area contributed by atoms with Crippen LogP contribution < -0.4 is 16.4 Å². The minimum absolute atomic E-state index is 0. The minimum Gasteiger partial charge on any atom is -0.346 e. The zero-order valence-electron chi connectivity index (χ0n) is 11.3. The molecule has 0 aliphatic heterocycles. The molecule has 4 N–H and O–H groups in total. The third kappa shape index (κ3) is 7.28. The van der Waals surface area contributed by atoms with Gasteiger partial charge in [0.1, 0.15) is 5.82 Å². The zero-order valence-corrected chi connectivity index (χ0v) is 13.0. The monoisotopic (exact) mass is 322 g/mol. The van der Waals surface area contributed by atoms with Crippen LogP contribution in [0.5, 0.6) is 0 Å². The molecule has 0 saturated carbocycles. The highest BCUT2D eigenvalue weighted by Crippen LogP contribution is 1.99. The number of nitrogens with one attached hydrogen (secondary N) is 2. The molecule has 0 bridgehead atoms. The lowest BCUT2D eigenvalue weighted by atomic mass is 10.1. The van der Waals surface area contributed by atoms with Gasteiger partial charge in [0.05, 0.1) is 12.6 Å². The normalized spacial score (nSPS) is 10.8. The maximum absolute atomic E-state index is 11.5. The molecule has 0 spiro atoms. The van der Waals surface area contributed by atoms with Gasteiger partial charge in [-0.05, 0) is 18.1 Å². The van der Waals surface area contributed by atoms with Crippen molar-refractivity contribution in [1.29, 1.82) is 0 Å². The molecular formula is C12H20Cl2N4O2. The molecule has 0 unspecified atom stereocenters. The fourth-order valence-electron chi connectivity index (χ4n) is 1.21. The number of pyridine rings is 1. The number of aromatic nitrogens is 1. The van der Waals surface area contributed by atoms with Crippen molar-refractivity contribution in [2.75, 3.05) is 11.9 Å². The molecule has 1 aromatic rings. The van der Waals surface area contributed by atoms with E-state index in [-0.39, 0.29) is 49.1 Å². The Balaban J connectivity index is 0. The lowest BCUT2D eigenvalue weighted by Crippen LogP contribution is -2.46. The number of anilines is 1. The first-order valence-corrected chi connectivity index (χ1v) is 5.75. The van der Waals surface area contributed by atoms with Crippen molar-refractivity contribution in [3.05, 3.63) is 24.4 Å². The number of rotatable bonds is 5. The average molecular weight is 323 g/mol. The Morgan fingerprint density at radius 1 is 1.30 bits per heavy atom. The van der Waals surface area contributed by atoms with Crippen LogP contribution in [0.3, 0.4) is 0 Å². The van der Waals surface area contributed by atoms with Gasteiger partial charge >= 0.3 is 0 Å². The van der Waals surface area contributed by atoms with Gasteiger partial charge in [-0.15, -0.1) is 24.8 Å². The summed E-state index contributed by atoms with van der Waals surface area (Å²) in [6, 6.07) is 4.57. The Bertz CT molecular complexity index is 415. The Morgan fingerprint density at radius 3 is 2.45 bits per heavy atom. The number of nitrogens with zero attached hydrogens (tertiary/aromatic N) is 1. The molecule has 0 aliphatic carbocycles. The summed E-state index contributed by atoms with van der Waals surface area (Å²) in [4.78, 5) is 27.0. The molecule has 0 saturated heterocycles. The molecule has 20 heavy (non-hydrogen) atoms. The van der Waals surface area contributed by atoms with E-state index in [1.165, 1.54) is 0 Å². The molecular weight excluding hydrogens is 303 g/mol. The zero-order chi connectivity index (χ0) is 13.5. The average Bonchev–Trinajstić information content (AvgIpc) is 2.36. The molecule has 114 valence electrons. The summed E-state index contributed by atoms with van der Waals surface area (Å²) in [5, 5.41) is 5.04. The lowest BCUT2D eigenvalue weighted by Gasteiger charge is -2.14. The summed E-state index contributed by atoms with van der Waals surface area (Å²) >= 11 is 0. The van der Waals surface area contributed by atoms with Gasteiger partial charge in [0.15, 0.2) is 0 Å². The molecule has 0 fully saturated rings. The van der Waals surface area contributed by atoms with Gasteiger partial charge < -0.3 is 16.4 Å². The van der Waals surface area contributed by atoms with Gasteiger partial charge in [-0.25, -0.2) is 4.98 Å². The molecule has 1 atom stereocenters. The van der Waals surface area contributed by atoms with Crippen LogP contribution in [0.25, 0.3) is 0 Å². The van der Waals surface area contributed by atoms with Crippen molar-refractivity contribution in [2.24, 2.45) is 11.7 Å². The first kappa shape index (κ1) is 20.9. The van der Waals surface area contributed by atoms with E-state index in [9.17, 15) is 9.59 Å². The summed E-state index contributed by atoms with van der Waals surface area (Å²) < 4.78 is 0. The second-order valence-electron chi connectivity index (χ2n) is 4.25. The highest BCUT2D eigenvalue weighted by Gasteiger charge is 2.17. The maximum Gasteiger partial charge on any atom is 0.244 e. The summed E-state index contributed by atoms with van der Waals surface area (Å²) in [6.07, 6.45) is 1.57. The number of amides is 2. The molecule has 2 amide bonds. The number of halogens is 2. The second kappa shape index (κ2) is 10.4. The van der Waals surface area contributed by atoms with E-state index in [1.54, 1.807) is 24.4 Å². The Hall–Kier alpha value is -1.37. The minimum atomic E-state index is -0.604. The van der Waals surface area contributed by atoms with Crippen LogP contribution in [0, 0.1) is 5.92 Å². The Kier molecular flexibility index (Phi) is 10.9. The molecule has 1 heterocycles. The van der Waals surface area contributed by atoms with E-state index < -0.39 is 6.04 Å². The molecule has 0 aromatic carbocycles. The van der Waals surface area contributed by atoms with Crippen molar-refractivity contribution in [3.8, 4) is 0 Å². The van der Waals surface area contributed by atoms with Crippen molar-refractivity contribution >= 4 is 42.4 Å². The lowest BCUT2D eigenvalue weighted by molar-refractivity contribution is -0.125. The van der Waals surface area contributed by atoms with E-state index in [1.807, 2.05) is 13.8 Å². The summed E-state index contributed by atoms with van der Waals surface area (Å²) in [5.41, 5.74) is 5.64. The van der Waals surface area contributed by atoms with Gasteiger partial charge in [-0.3, -0.25) is 9.59 Å². The van der Waals surface area contributed by atoms with Gasteiger partial charge in [0, 0.05) is 6.20 Å². The van der Waals surface area contributed by atoms with Crippen molar-refractivity contribution < 1.29 is 9.59 Å². The summed E-state index contributed by atoms with van der Waals surface area (Å²) in [5.74, 6) is -0.187. The second-order valence-corrected chi connectivity index (χ2v) is 4.25. The number of carbonyl (C=O) groups excluding carboxylic acids is 2. The van der Waals surface area contributed by atoms with Crippen LogP contribution in [-0.2, 0) is 9.59 Å². The van der Waals surface area contributed by atoms with Gasteiger partial charge in [-0.2, -0.15) is 0 Å². The number of hydrogen-bond donors (Lipinski definition) is 3. The van der Waals surface area contributed by atoms with E-state index in [2.05, 4.69) is 15.6 Å². The van der Waals surface area contributed by atoms with E-state index in [4.69, 9.17) is 5.73 Å². The molecule has 8 heteroatoms. The molecule has 0 radical (unpaired) electrons. The van der Waals surface area contributed by atoms with Crippen LogP contribution in [0.15, 0.2) is 24.4 Å². The van der Waals surface area contributed by atoms with Gasteiger partial charge in [-0.1, -0.05) is 19.9 Å². The number of nitrogens with two attached hydrogens (primary N) is 1. The predicted molar refractivity (Wildman–Crippen MR) is 83.2 cm³/mol. The third-order valence-corrected chi connectivity index (χ3v) is 2.38. The Labute approximate surface area is 130 Å². The molecule has 1 rings (SSSR count). The largest absolute Gasteiger partial charge is 0.346 e. The molecule has 1 aromatic heterocycles. The number of carbonyl (C=O) groups is 2. The predicted octanol–water partition coefficient (Wildman–Crippen LogP) is 0.963. The maximum atomic E-state index is 11.5. The first-order valence-electron chi connectivity index (χ1n) is 5.75. The van der Waals surface area contributed by atoms with Crippen LogP contribution in [0.2, 0.25) is 0 Å². The fraction of sp³-hybridized carbons (Fsp3) is 0.417. The molecule has 0 aliphatic rings. The summed E-state index contributed by atoms with van der Waals surface area (Å²) in [6.45, 7) is 3.58. The third-order valence-electron chi connectivity index (χ3n) is 2.38. The number of hydrogen-bond acceptors (Lipinski definition) is 4. The summed E-state index contributed by atoms with van der Waals surface area (Å²) in [7, 11) is 0. The molecule has 6 nitrogen and oxygen atoms in total. The van der Waals surface area contributed by atoms with Crippen molar-refractivity contribution in [1.82, 2.24) is 10.3 Å². The highest BCUT2D eigenvalue weighted by molar-refractivity contribution is 5.94. The van der Waals surface area contributed by atoms with E-state index >= 15 is 0 Å². The van der Waals surface area contributed by atoms with Crippen LogP contribution in [0.1, 0.15) is 13.8 Å². The fourth-order valence-corrected chi connectivity index (χ4v) is 1.21. The van der Waals surface area contributed by atoms with Gasteiger partial charge in [0.25, 0.3) is 0 Å². The van der Waals surface area contributed by atoms with E-state index in [0.29, 0.717) is 5.82 Å². The highest BCUT2D eigenvalue weighted by atomic mass is 35.5. The first-order chi connectivity index (χ1) is 8.50. The van der Waals surface area contributed by atoms with Crippen molar-refractivity contribution in [2.45, 2.75) is 19.9 Å². The van der Waals surface area contributed by atoms with Crippen molar-refractivity contribution in [3.63, 3.8) is 0 Å². The van der Waals surface area contributed by atoms with E-state index in [0.717, 1.165) is 0 Å². The van der Waals surface area contributed by atoms with Crippen LogP contribution in [0.4, 0.5) is 5.82 Å². The van der Waals surface area contributed by atoms with Crippen LogP contribution >= 0.6 is 24.8 Å². The Morgan fingerprint density at radius 2 is 1.95 bits per heavy atom. The van der Waals surface area contributed by atoms with Crippen LogP contribution in [-0.4, -0.2) is 29.4 Å². The standard InChI is InChI=1S/C12H18N4O2.2ClH/c1-8(2)11(13)12(18)15-7-10(17)16-9-5-3-4-6-14-9;;/h3-6,8,11H,7,13H2,1-2H3,(H,15,18)(H,14,16,17);2*1H/t11-;;/m0../s1.